The van der Waals surface area contributed by atoms with Crippen LogP contribution in [0.15, 0.2) is 30.6 Å². The van der Waals surface area contributed by atoms with Crippen LogP contribution in [0.25, 0.3) is 11.4 Å². The van der Waals surface area contributed by atoms with Gasteiger partial charge in [-0.05, 0) is 37.0 Å². The van der Waals surface area contributed by atoms with Crippen LogP contribution in [0.4, 0.5) is 5.69 Å². The summed E-state index contributed by atoms with van der Waals surface area (Å²) in [6.45, 7) is 4.76. The number of amides is 1. The summed E-state index contributed by atoms with van der Waals surface area (Å²) in [6.07, 6.45) is 2.37. The lowest BCUT2D eigenvalue weighted by Gasteiger charge is -2.07. The average Bonchev–Trinajstić information content (AvgIpc) is 3.23. The van der Waals surface area contributed by atoms with Crippen molar-refractivity contribution in [3.63, 3.8) is 0 Å². The first-order chi connectivity index (χ1) is 11.2. The van der Waals surface area contributed by atoms with Gasteiger partial charge in [-0.1, -0.05) is 23.5 Å². The number of aromatic nitrogens is 5. The van der Waals surface area contributed by atoms with Crippen molar-refractivity contribution in [1.29, 1.82) is 0 Å². The highest BCUT2D eigenvalue weighted by Crippen LogP contribution is 2.22. The second kappa shape index (κ2) is 6.66. The standard InChI is InChI=1S/C15H16N6OS/c1-3-12-13(23-20-18-12)15(22)17-11-7-5-6-10(8-11)14-19-16-9-21(14)4-2/h5-9H,3-4H2,1-2H3,(H,17,22). The molecule has 23 heavy (non-hydrogen) atoms. The van der Waals surface area contributed by atoms with Crippen LogP contribution in [0.1, 0.15) is 29.2 Å². The Morgan fingerprint density at radius 1 is 1.30 bits per heavy atom. The van der Waals surface area contributed by atoms with Gasteiger partial charge in [-0.2, -0.15) is 0 Å². The van der Waals surface area contributed by atoms with Gasteiger partial charge in [0.1, 0.15) is 11.2 Å². The van der Waals surface area contributed by atoms with E-state index in [2.05, 4.69) is 25.1 Å². The zero-order chi connectivity index (χ0) is 16.2. The second-order valence-corrected chi connectivity index (χ2v) is 5.63. The molecule has 2 heterocycles. The fraction of sp³-hybridized carbons (Fsp3) is 0.267. The van der Waals surface area contributed by atoms with Crippen LogP contribution in [0.5, 0.6) is 0 Å². The summed E-state index contributed by atoms with van der Waals surface area (Å²) in [5.41, 5.74) is 2.32. The van der Waals surface area contributed by atoms with Gasteiger partial charge in [-0.15, -0.1) is 15.3 Å². The first kappa shape index (κ1) is 15.3. The maximum Gasteiger partial charge on any atom is 0.269 e. The summed E-state index contributed by atoms with van der Waals surface area (Å²) < 4.78 is 5.79. The second-order valence-electron chi connectivity index (χ2n) is 4.88. The van der Waals surface area contributed by atoms with Crippen LogP contribution < -0.4 is 5.32 Å². The van der Waals surface area contributed by atoms with Crippen LogP contribution >= 0.6 is 11.5 Å². The van der Waals surface area contributed by atoms with Crippen molar-refractivity contribution in [2.75, 3.05) is 5.32 Å². The molecule has 2 aromatic heterocycles. The van der Waals surface area contributed by atoms with Gasteiger partial charge in [-0.3, -0.25) is 4.79 Å². The monoisotopic (exact) mass is 328 g/mol. The average molecular weight is 328 g/mol. The SMILES string of the molecule is CCc1nnsc1C(=O)Nc1cccc(-c2nncn2CC)c1. The predicted octanol–water partition coefficient (Wildman–Crippen LogP) is 2.63. The Morgan fingerprint density at radius 2 is 2.17 bits per heavy atom. The molecule has 0 saturated heterocycles. The summed E-state index contributed by atoms with van der Waals surface area (Å²) in [4.78, 5) is 12.9. The molecule has 118 valence electrons. The molecule has 1 amide bonds. The van der Waals surface area contributed by atoms with E-state index in [1.54, 1.807) is 6.33 Å². The molecule has 0 fully saturated rings. The highest BCUT2D eigenvalue weighted by Gasteiger charge is 2.15. The lowest BCUT2D eigenvalue weighted by atomic mass is 10.2. The molecule has 3 rings (SSSR count). The number of carbonyl (C=O) groups is 1. The molecular weight excluding hydrogens is 312 g/mol. The maximum absolute atomic E-state index is 12.4. The topological polar surface area (TPSA) is 85.6 Å². The van der Waals surface area contributed by atoms with Gasteiger partial charge < -0.3 is 9.88 Å². The molecule has 7 nitrogen and oxygen atoms in total. The summed E-state index contributed by atoms with van der Waals surface area (Å²) in [5, 5.41) is 14.9. The molecular formula is C15H16N6OS. The maximum atomic E-state index is 12.4. The lowest BCUT2D eigenvalue weighted by Crippen LogP contribution is -2.12. The fourth-order valence-corrected chi connectivity index (χ4v) is 2.89. The van der Waals surface area contributed by atoms with E-state index in [4.69, 9.17) is 0 Å². The molecule has 0 aliphatic heterocycles. The third-order valence-electron chi connectivity index (χ3n) is 3.43. The minimum absolute atomic E-state index is 0.189. The Bertz CT molecular complexity index is 825. The molecule has 0 radical (unpaired) electrons. The Kier molecular flexibility index (Phi) is 4.42. The van der Waals surface area contributed by atoms with E-state index < -0.39 is 0 Å². The normalized spacial score (nSPS) is 10.7. The van der Waals surface area contributed by atoms with Crippen LogP contribution in [0.3, 0.4) is 0 Å². The van der Waals surface area contributed by atoms with Crippen LogP contribution in [0.2, 0.25) is 0 Å². The van der Waals surface area contributed by atoms with Gasteiger partial charge >= 0.3 is 0 Å². The molecule has 3 aromatic rings. The van der Waals surface area contributed by atoms with Crippen molar-refractivity contribution < 1.29 is 4.79 Å². The zero-order valence-corrected chi connectivity index (χ0v) is 13.7. The van der Waals surface area contributed by atoms with Gasteiger partial charge in [0.15, 0.2) is 5.82 Å². The van der Waals surface area contributed by atoms with Gasteiger partial charge in [0.05, 0.1) is 5.69 Å². The molecule has 0 atom stereocenters. The van der Waals surface area contributed by atoms with Crippen molar-refractivity contribution >= 4 is 23.1 Å². The molecule has 0 aliphatic rings. The number of carbonyl (C=O) groups excluding carboxylic acids is 1. The first-order valence-corrected chi connectivity index (χ1v) is 8.11. The largest absolute Gasteiger partial charge is 0.321 e. The van der Waals surface area contributed by atoms with Crippen LogP contribution in [-0.4, -0.2) is 30.3 Å². The van der Waals surface area contributed by atoms with Gasteiger partial charge in [0.25, 0.3) is 5.91 Å². The zero-order valence-electron chi connectivity index (χ0n) is 12.9. The fourth-order valence-electron chi connectivity index (χ4n) is 2.25. The number of aryl methyl sites for hydroxylation is 2. The van der Waals surface area contributed by atoms with Gasteiger partial charge in [0.2, 0.25) is 0 Å². The molecule has 1 aromatic carbocycles. The molecule has 0 spiro atoms. The van der Waals surface area contributed by atoms with E-state index >= 15 is 0 Å². The molecule has 0 aliphatic carbocycles. The van der Waals surface area contributed by atoms with Crippen molar-refractivity contribution in [2.24, 2.45) is 0 Å². The molecule has 1 N–H and O–H groups in total. The van der Waals surface area contributed by atoms with E-state index in [9.17, 15) is 4.79 Å². The summed E-state index contributed by atoms with van der Waals surface area (Å²) >= 11 is 1.11. The van der Waals surface area contributed by atoms with Gasteiger partial charge in [0, 0.05) is 17.8 Å². The third-order valence-corrected chi connectivity index (χ3v) is 4.20. The Labute approximate surface area is 137 Å². The third kappa shape index (κ3) is 3.11. The summed E-state index contributed by atoms with van der Waals surface area (Å²) in [5.74, 6) is 0.586. The van der Waals surface area contributed by atoms with Crippen molar-refractivity contribution in [3.8, 4) is 11.4 Å². The van der Waals surface area contributed by atoms with E-state index in [0.717, 1.165) is 35.2 Å². The number of benzene rings is 1. The highest BCUT2D eigenvalue weighted by molar-refractivity contribution is 7.08. The quantitative estimate of drug-likeness (QED) is 0.778. The van der Waals surface area contributed by atoms with Crippen LogP contribution in [-0.2, 0) is 13.0 Å². The summed E-state index contributed by atoms with van der Waals surface area (Å²) in [6, 6.07) is 7.55. The number of hydrogen-bond acceptors (Lipinski definition) is 6. The minimum atomic E-state index is -0.189. The highest BCUT2D eigenvalue weighted by atomic mass is 32.1. The van der Waals surface area contributed by atoms with E-state index in [-0.39, 0.29) is 5.91 Å². The first-order valence-electron chi connectivity index (χ1n) is 7.33. The van der Waals surface area contributed by atoms with Gasteiger partial charge in [-0.25, -0.2) is 0 Å². The smallest absolute Gasteiger partial charge is 0.269 e. The number of rotatable bonds is 5. The van der Waals surface area contributed by atoms with Crippen molar-refractivity contribution in [2.45, 2.75) is 26.8 Å². The molecule has 8 heteroatoms. The number of nitrogens with zero attached hydrogens (tertiary/aromatic N) is 5. The van der Waals surface area contributed by atoms with E-state index in [0.29, 0.717) is 17.0 Å². The predicted molar refractivity (Wildman–Crippen MR) is 88.4 cm³/mol. The van der Waals surface area contributed by atoms with E-state index in [1.165, 1.54) is 0 Å². The molecule has 0 saturated carbocycles. The Balaban J connectivity index is 1.85. The Hall–Kier alpha value is -2.61. The number of hydrogen-bond donors (Lipinski definition) is 1. The van der Waals surface area contributed by atoms with Crippen molar-refractivity contribution in [1.82, 2.24) is 24.4 Å². The molecule has 0 unspecified atom stereocenters. The summed E-state index contributed by atoms with van der Waals surface area (Å²) in [7, 11) is 0. The number of nitrogens with one attached hydrogen (secondary N) is 1. The Morgan fingerprint density at radius 3 is 2.96 bits per heavy atom. The van der Waals surface area contributed by atoms with Crippen LogP contribution in [0, 0.1) is 0 Å². The number of anilines is 1. The van der Waals surface area contributed by atoms with Crippen molar-refractivity contribution in [3.05, 3.63) is 41.2 Å². The molecule has 0 bridgehead atoms. The lowest BCUT2D eigenvalue weighted by molar-refractivity contribution is 0.102. The minimum Gasteiger partial charge on any atom is -0.321 e. The van der Waals surface area contributed by atoms with E-state index in [1.807, 2.05) is 42.7 Å².